The van der Waals surface area contributed by atoms with Crippen molar-refractivity contribution in [3.63, 3.8) is 0 Å². The summed E-state index contributed by atoms with van der Waals surface area (Å²) in [6.07, 6.45) is 0.342. The second-order valence-corrected chi connectivity index (χ2v) is 12.7. The van der Waals surface area contributed by atoms with E-state index in [1.165, 1.54) is 37.3 Å². The minimum absolute atomic E-state index is 0.0166. The van der Waals surface area contributed by atoms with Gasteiger partial charge in [0, 0.05) is 19.2 Å². The lowest BCUT2D eigenvalue weighted by Gasteiger charge is -2.34. The van der Waals surface area contributed by atoms with Crippen LogP contribution in [0.2, 0.25) is 0 Å². The smallest absolute Gasteiger partial charge is 0.264 e. The Kier molecular flexibility index (Phi) is 11.6. The van der Waals surface area contributed by atoms with Crippen LogP contribution in [0.25, 0.3) is 0 Å². The van der Waals surface area contributed by atoms with Crippen molar-refractivity contribution in [2.45, 2.75) is 58.5 Å². The number of nitrogens with zero attached hydrogens (tertiary/aromatic N) is 2. The first-order valence-corrected chi connectivity index (χ1v) is 15.8. The fourth-order valence-corrected chi connectivity index (χ4v) is 6.07. The third-order valence-electron chi connectivity index (χ3n) is 7.21. The van der Waals surface area contributed by atoms with Crippen LogP contribution in [0.1, 0.15) is 43.9 Å². The van der Waals surface area contributed by atoms with E-state index in [0.29, 0.717) is 18.7 Å². The molecule has 0 heterocycles. The van der Waals surface area contributed by atoms with Crippen LogP contribution in [0.15, 0.2) is 71.6 Å². The highest BCUT2D eigenvalue weighted by molar-refractivity contribution is 7.92. The van der Waals surface area contributed by atoms with E-state index in [2.05, 4.69) is 5.32 Å². The molecule has 9 nitrogen and oxygen atoms in total. The van der Waals surface area contributed by atoms with Gasteiger partial charge in [0.25, 0.3) is 10.0 Å². The van der Waals surface area contributed by atoms with E-state index in [0.717, 1.165) is 21.0 Å². The van der Waals surface area contributed by atoms with E-state index in [1.54, 1.807) is 24.3 Å². The SMILES string of the molecule is CC[C@@H](C(=O)NCC(C)C)N(Cc1ccccc1C)C(=O)CN(c1cc(OC)ccc1OC)S(=O)(=O)c1ccc(C)cc1. The number of amides is 2. The number of hydrogen-bond acceptors (Lipinski definition) is 6. The van der Waals surface area contributed by atoms with E-state index in [9.17, 15) is 18.0 Å². The molecule has 3 aromatic rings. The third kappa shape index (κ3) is 8.28. The fraction of sp³-hybridized carbons (Fsp3) is 0.394. The van der Waals surface area contributed by atoms with Gasteiger partial charge >= 0.3 is 0 Å². The molecule has 0 bridgehead atoms. The lowest BCUT2D eigenvalue weighted by Crippen LogP contribution is -2.52. The maximum Gasteiger partial charge on any atom is 0.264 e. The first-order chi connectivity index (χ1) is 20.4. The Morgan fingerprint density at radius 3 is 2.19 bits per heavy atom. The number of methoxy groups -OCH3 is 2. The number of carbonyl (C=O) groups is 2. The van der Waals surface area contributed by atoms with Crippen LogP contribution in [0.3, 0.4) is 0 Å². The van der Waals surface area contributed by atoms with Gasteiger partial charge in [-0.05, 0) is 61.6 Å². The number of ether oxygens (including phenoxy) is 2. The number of nitrogens with one attached hydrogen (secondary N) is 1. The molecule has 10 heteroatoms. The molecule has 2 amide bonds. The van der Waals surface area contributed by atoms with Gasteiger partial charge in [-0.1, -0.05) is 62.7 Å². The molecule has 0 aliphatic rings. The summed E-state index contributed by atoms with van der Waals surface area (Å²) in [6.45, 7) is 9.64. The van der Waals surface area contributed by atoms with Crippen molar-refractivity contribution in [3.05, 3.63) is 83.4 Å². The molecule has 1 atom stereocenters. The summed E-state index contributed by atoms with van der Waals surface area (Å²) in [5.74, 6) is 0.0399. The van der Waals surface area contributed by atoms with Gasteiger partial charge in [-0.25, -0.2) is 8.42 Å². The highest BCUT2D eigenvalue weighted by Crippen LogP contribution is 2.36. The van der Waals surface area contributed by atoms with Gasteiger partial charge in [-0.2, -0.15) is 0 Å². The highest BCUT2D eigenvalue weighted by Gasteiger charge is 2.35. The molecule has 0 saturated heterocycles. The normalized spacial score (nSPS) is 12.0. The lowest BCUT2D eigenvalue weighted by molar-refractivity contribution is -0.140. The van der Waals surface area contributed by atoms with Crippen molar-refractivity contribution in [3.8, 4) is 11.5 Å². The standard InChI is InChI=1S/C33H43N3O6S/c1-8-29(33(38)34-20-23(2)3)35(21-26-12-10-9-11-25(26)5)32(37)22-36(30-19-27(41-6)15-18-31(30)42-7)43(39,40)28-16-13-24(4)14-17-28/h9-19,23,29H,8,20-22H2,1-7H3,(H,34,38)/t29-/m0/s1. The average Bonchev–Trinajstić information content (AvgIpc) is 2.99. The number of rotatable bonds is 14. The second kappa shape index (κ2) is 14.9. The van der Waals surface area contributed by atoms with E-state index in [4.69, 9.17) is 9.47 Å². The molecule has 0 radical (unpaired) electrons. The van der Waals surface area contributed by atoms with Gasteiger partial charge in [0.2, 0.25) is 11.8 Å². The molecule has 232 valence electrons. The maximum atomic E-state index is 14.3. The Balaban J connectivity index is 2.15. The first-order valence-electron chi connectivity index (χ1n) is 14.4. The van der Waals surface area contributed by atoms with E-state index < -0.39 is 28.5 Å². The number of aryl methyl sites for hydroxylation is 2. The second-order valence-electron chi connectivity index (χ2n) is 10.9. The Hall–Kier alpha value is -4.05. The Bertz CT molecular complexity index is 1510. The maximum absolute atomic E-state index is 14.3. The molecule has 0 aliphatic heterocycles. The molecule has 3 rings (SSSR count). The first kappa shape index (κ1) is 33.5. The number of anilines is 1. The minimum atomic E-state index is -4.26. The summed E-state index contributed by atoms with van der Waals surface area (Å²) in [6, 6.07) is 18.0. The molecular formula is C33H43N3O6S. The number of hydrogen-bond donors (Lipinski definition) is 1. The molecule has 0 saturated carbocycles. The quantitative estimate of drug-likeness (QED) is 0.273. The molecule has 0 unspecified atom stereocenters. The van der Waals surface area contributed by atoms with Gasteiger partial charge < -0.3 is 19.7 Å². The summed E-state index contributed by atoms with van der Waals surface area (Å²) in [4.78, 5) is 29.2. The molecular weight excluding hydrogens is 566 g/mol. The molecule has 0 aliphatic carbocycles. The van der Waals surface area contributed by atoms with Crippen LogP contribution in [0, 0.1) is 19.8 Å². The molecule has 1 N–H and O–H groups in total. The number of sulfonamides is 1. The van der Waals surface area contributed by atoms with Crippen molar-refractivity contribution in [1.29, 1.82) is 0 Å². The van der Waals surface area contributed by atoms with E-state index >= 15 is 0 Å². The van der Waals surface area contributed by atoms with E-state index in [1.807, 2.05) is 58.9 Å². The zero-order chi connectivity index (χ0) is 31.7. The third-order valence-corrected chi connectivity index (χ3v) is 8.99. The van der Waals surface area contributed by atoms with Crippen LogP contribution in [0.5, 0.6) is 11.5 Å². The van der Waals surface area contributed by atoms with Crippen molar-refractivity contribution in [2.75, 3.05) is 31.6 Å². The van der Waals surface area contributed by atoms with Crippen molar-refractivity contribution < 1.29 is 27.5 Å². The minimum Gasteiger partial charge on any atom is -0.497 e. The highest BCUT2D eigenvalue weighted by atomic mass is 32.2. The Morgan fingerprint density at radius 1 is 0.930 bits per heavy atom. The monoisotopic (exact) mass is 609 g/mol. The van der Waals surface area contributed by atoms with Crippen LogP contribution in [0.4, 0.5) is 5.69 Å². The van der Waals surface area contributed by atoms with Gasteiger partial charge in [0.05, 0.1) is 24.8 Å². The average molecular weight is 610 g/mol. The topological polar surface area (TPSA) is 105 Å². The predicted molar refractivity (Wildman–Crippen MR) is 169 cm³/mol. The number of carbonyl (C=O) groups excluding carboxylic acids is 2. The zero-order valence-corrected chi connectivity index (χ0v) is 26.9. The van der Waals surface area contributed by atoms with Crippen LogP contribution in [-0.4, -0.2) is 58.5 Å². The summed E-state index contributed by atoms with van der Waals surface area (Å²) in [5.41, 5.74) is 2.85. The lowest BCUT2D eigenvalue weighted by atomic mass is 10.1. The molecule has 0 fully saturated rings. The molecule has 0 aromatic heterocycles. The van der Waals surface area contributed by atoms with Gasteiger partial charge in [-0.3, -0.25) is 13.9 Å². The van der Waals surface area contributed by atoms with Crippen LogP contribution >= 0.6 is 0 Å². The molecule has 43 heavy (non-hydrogen) atoms. The summed E-state index contributed by atoms with van der Waals surface area (Å²) >= 11 is 0. The summed E-state index contributed by atoms with van der Waals surface area (Å²) < 4.78 is 40.4. The van der Waals surface area contributed by atoms with Crippen LogP contribution < -0.4 is 19.1 Å². The molecule has 0 spiro atoms. The predicted octanol–water partition coefficient (Wildman–Crippen LogP) is 5.10. The van der Waals surface area contributed by atoms with Crippen molar-refractivity contribution in [2.24, 2.45) is 5.92 Å². The fourth-order valence-electron chi connectivity index (χ4n) is 4.66. The van der Waals surface area contributed by atoms with Gasteiger partial charge in [-0.15, -0.1) is 0 Å². The van der Waals surface area contributed by atoms with Gasteiger partial charge in [0.1, 0.15) is 24.1 Å². The Labute approximate surface area is 255 Å². The Morgan fingerprint density at radius 2 is 1.60 bits per heavy atom. The number of benzene rings is 3. The zero-order valence-electron chi connectivity index (χ0n) is 26.1. The summed E-state index contributed by atoms with van der Waals surface area (Å²) in [5, 5.41) is 2.95. The summed E-state index contributed by atoms with van der Waals surface area (Å²) in [7, 11) is -1.36. The molecule has 3 aromatic carbocycles. The van der Waals surface area contributed by atoms with E-state index in [-0.39, 0.29) is 34.7 Å². The van der Waals surface area contributed by atoms with Gasteiger partial charge in [0.15, 0.2) is 0 Å². The largest absolute Gasteiger partial charge is 0.497 e. The van der Waals surface area contributed by atoms with Crippen LogP contribution in [-0.2, 0) is 26.2 Å². The van der Waals surface area contributed by atoms with Crippen molar-refractivity contribution in [1.82, 2.24) is 10.2 Å². The van der Waals surface area contributed by atoms with Crippen molar-refractivity contribution >= 4 is 27.5 Å².